The minimum atomic E-state index is -3.17. The lowest BCUT2D eigenvalue weighted by Gasteiger charge is -2.35. The zero-order valence-corrected chi connectivity index (χ0v) is 19.5. The van der Waals surface area contributed by atoms with Crippen LogP contribution in [0.4, 0.5) is 5.69 Å². The first-order valence-corrected chi connectivity index (χ1v) is 11.1. The van der Waals surface area contributed by atoms with Gasteiger partial charge in [-0.3, -0.25) is 4.99 Å². The van der Waals surface area contributed by atoms with Crippen molar-refractivity contribution in [2.45, 2.75) is 32.7 Å². The Labute approximate surface area is 180 Å². The van der Waals surface area contributed by atoms with Gasteiger partial charge >= 0.3 is 0 Å². The zero-order valence-electron chi connectivity index (χ0n) is 16.4. The molecule has 0 amide bonds. The molecular weight excluding hydrogens is 477 g/mol. The molecule has 3 N–H and O–H groups in total. The molecule has 1 aromatic rings. The fourth-order valence-corrected chi connectivity index (χ4v) is 3.46. The molecule has 0 spiro atoms. The van der Waals surface area contributed by atoms with Gasteiger partial charge in [-0.05, 0) is 38.8 Å². The third-order valence-electron chi connectivity index (χ3n) is 4.25. The Morgan fingerprint density at radius 3 is 2.63 bits per heavy atom. The van der Waals surface area contributed by atoms with E-state index in [4.69, 9.17) is 0 Å². The van der Waals surface area contributed by atoms with Gasteiger partial charge in [0.1, 0.15) is 0 Å². The molecule has 0 aliphatic carbocycles. The van der Waals surface area contributed by atoms with Crippen molar-refractivity contribution >= 4 is 45.6 Å². The molecule has 1 fully saturated rings. The molecule has 0 aromatic heterocycles. The van der Waals surface area contributed by atoms with Gasteiger partial charge in [0.25, 0.3) is 0 Å². The SMILES string of the molecule is CCNC(=NCCNS(C)(=O)=O)NC1CCCN(c2ccc(C)cc2)C1.I. The number of benzene rings is 1. The fourth-order valence-electron chi connectivity index (χ4n) is 3.00. The van der Waals surface area contributed by atoms with Crippen molar-refractivity contribution in [1.29, 1.82) is 0 Å². The maximum absolute atomic E-state index is 11.1. The van der Waals surface area contributed by atoms with Crippen molar-refractivity contribution in [2.24, 2.45) is 4.99 Å². The summed E-state index contributed by atoms with van der Waals surface area (Å²) in [7, 11) is -3.17. The monoisotopic (exact) mass is 509 g/mol. The average molecular weight is 509 g/mol. The van der Waals surface area contributed by atoms with Crippen LogP contribution in [0.25, 0.3) is 0 Å². The molecule has 1 aliphatic heterocycles. The number of aryl methyl sites for hydroxylation is 1. The van der Waals surface area contributed by atoms with Crippen LogP contribution >= 0.6 is 24.0 Å². The molecule has 1 unspecified atom stereocenters. The number of hydrogen-bond acceptors (Lipinski definition) is 4. The van der Waals surface area contributed by atoms with Crippen LogP contribution in [0.1, 0.15) is 25.3 Å². The minimum absolute atomic E-state index is 0. The number of anilines is 1. The summed E-state index contributed by atoms with van der Waals surface area (Å²) in [5.41, 5.74) is 2.52. The van der Waals surface area contributed by atoms with E-state index in [1.54, 1.807) is 0 Å². The van der Waals surface area contributed by atoms with Crippen molar-refractivity contribution in [3.63, 3.8) is 0 Å². The third kappa shape index (κ3) is 9.11. The number of aliphatic imine (C=N–C) groups is 1. The van der Waals surface area contributed by atoms with E-state index in [9.17, 15) is 8.42 Å². The molecule has 1 aliphatic rings. The average Bonchev–Trinajstić information content (AvgIpc) is 2.59. The van der Waals surface area contributed by atoms with E-state index in [1.165, 1.54) is 11.3 Å². The Morgan fingerprint density at radius 2 is 2.00 bits per heavy atom. The maximum Gasteiger partial charge on any atom is 0.208 e. The topological polar surface area (TPSA) is 85.8 Å². The lowest BCUT2D eigenvalue weighted by Crippen LogP contribution is -2.51. The Kier molecular flexibility index (Phi) is 10.4. The fraction of sp³-hybridized carbons (Fsp3) is 0.611. The van der Waals surface area contributed by atoms with E-state index in [1.807, 2.05) is 6.92 Å². The summed E-state index contributed by atoms with van der Waals surface area (Å²) < 4.78 is 24.7. The van der Waals surface area contributed by atoms with Crippen LogP contribution in [0.15, 0.2) is 29.3 Å². The van der Waals surface area contributed by atoms with Gasteiger partial charge in [-0.1, -0.05) is 17.7 Å². The molecule has 1 atom stereocenters. The summed E-state index contributed by atoms with van der Waals surface area (Å²) in [6.07, 6.45) is 3.37. The lowest BCUT2D eigenvalue weighted by atomic mass is 10.0. The number of halogens is 1. The summed E-state index contributed by atoms with van der Waals surface area (Å²) in [6, 6.07) is 8.95. The molecular formula is C18H32IN5O2S. The van der Waals surface area contributed by atoms with Gasteiger partial charge in [0.2, 0.25) is 10.0 Å². The van der Waals surface area contributed by atoms with Crippen LogP contribution in [-0.2, 0) is 10.0 Å². The Bertz CT molecular complexity index is 694. The number of nitrogens with one attached hydrogen (secondary N) is 3. The minimum Gasteiger partial charge on any atom is -0.369 e. The number of rotatable bonds is 7. The van der Waals surface area contributed by atoms with Gasteiger partial charge in [0.15, 0.2) is 5.96 Å². The smallest absolute Gasteiger partial charge is 0.208 e. The summed E-state index contributed by atoms with van der Waals surface area (Å²) in [4.78, 5) is 6.87. The summed E-state index contributed by atoms with van der Waals surface area (Å²) in [6.45, 7) is 7.57. The van der Waals surface area contributed by atoms with E-state index in [2.05, 4.69) is 56.4 Å². The molecule has 1 aromatic carbocycles. The molecule has 1 heterocycles. The predicted octanol–water partition coefficient (Wildman–Crippen LogP) is 1.69. The van der Waals surface area contributed by atoms with Crippen molar-refractivity contribution < 1.29 is 8.42 Å². The van der Waals surface area contributed by atoms with Crippen LogP contribution in [0.5, 0.6) is 0 Å². The molecule has 7 nitrogen and oxygen atoms in total. The third-order valence-corrected chi connectivity index (χ3v) is 4.98. The number of hydrogen-bond donors (Lipinski definition) is 3. The Balaban J connectivity index is 0.00000364. The van der Waals surface area contributed by atoms with Gasteiger partial charge in [-0.25, -0.2) is 13.1 Å². The number of guanidine groups is 1. The number of nitrogens with zero attached hydrogens (tertiary/aromatic N) is 2. The standard InChI is InChI=1S/C18H31N5O2S.HI/c1-4-19-18(20-11-12-21-26(3,24)25)22-16-6-5-13-23(14-16)17-9-7-15(2)8-10-17;/h7-10,16,21H,4-6,11-14H2,1-3H3,(H2,19,20,22);1H. The number of sulfonamides is 1. The maximum atomic E-state index is 11.1. The van der Waals surface area contributed by atoms with Gasteiger partial charge in [0.05, 0.1) is 12.8 Å². The molecule has 9 heteroatoms. The largest absolute Gasteiger partial charge is 0.369 e. The first-order chi connectivity index (χ1) is 12.4. The van der Waals surface area contributed by atoms with E-state index in [0.717, 1.165) is 44.7 Å². The highest BCUT2D eigenvalue weighted by atomic mass is 127. The van der Waals surface area contributed by atoms with Crippen molar-refractivity contribution in [3.05, 3.63) is 29.8 Å². The lowest BCUT2D eigenvalue weighted by molar-refractivity contribution is 0.468. The zero-order chi connectivity index (χ0) is 19.0. The second-order valence-electron chi connectivity index (χ2n) is 6.69. The normalized spacial score (nSPS) is 18.0. The van der Waals surface area contributed by atoms with E-state index >= 15 is 0 Å². The van der Waals surface area contributed by atoms with Crippen LogP contribution in [0.2, 0.25) is 0 Å². The Hall–Kier alpha value is -1.07. The van der Waals surface area contributed by atoms with Crippen molar-refractivity contribution in [3.8, 4) is 0 Å². The highest BCUT2D eigenvalue weighted by Crippen LogP contribution is 2.20. The molecule has 2 rings (SSSR count). The molecule has 0 bridgehead atoms. The second kappa shape index (κ2) is 11.7. The van der Waals surface area contributed by atoms with Gasteiger partial charge in [0, 0.05) is 37.9 Å². The summed E-state index contributed by atoms with van der Waals surface area (Å²) in [5.74, 6) is 0.735. The van der Waals surface area contributed by atoms with Crippen LogP contribution in [0.3, 0.4) is 0 Å². The number of piperidine rings is 1. The predicted molar refractivity (Wildman–Crippen MR) is 124 cm³/mol. The van der Waals surface area contributed by atoms with Crippen LogP contribution in [-0.4, -0.2) is 59.4 Å². The van der Waals surface area contributed by atoms with Crippen LogP contribution < -0.4 is 20.3 Å². The molecule has 1 saturated heterocycles. The summed E-state index contributed by atoms with van der Waals surface area (Å²) >= 11 is 0. The van der Waals surface area contributed by atoms with Gasteiger partial charge in [-0.2, -0.15) is 0 Å². The second-order valence-corrected chi connectivity index (χ2v) is 8.53. The van der Waals surface area contributed by atoms with Crippen LogP contribution in [0, 0.1) is 6.92 Å². The van der Waals surface area contributed by atoms with E-state index in [-0.39, 0.29) is 24.0 Å². The first-order valence-electron chi connectivity index (χ1n) is 9.18. The quantitative estimate of drug-likeness (QED) is 0.226. The van der Waals surface area contributed by atoms with Crippen molar-refractivity contribution in [1.82, 2.24) is 15.4 Å². The molecule has 0 radical (unpaired) electrons. The van der Waals surface area contributed by atoms with Gasteiger partial charge in [-0.15, -0.1) is 24.0 Å². The highest BCUT2D eigenvalue weighted by molar-refractivity contribution is 14.0. The van der Waals surface area contributed by atoms with E-state index < -0.39 is 10.0 Å². The molecule has 154 valence electrons. The van der Waals surface area contributed by atoms with Crippen molar-refractivity contribution in [2.75, 3.05) is 43.9 Å². The first kappa shape index (κ1) is 24.0. The Morgan fingerprint density at radius 1 is 1.30 bits per heavy atom. The molecule has 27 heavy (non-hydrogen) atoms. The summed E-state index contributed by atoms with van der Waals surface area (Å²) in [5, 5.41) is 6.72. The van der Waals surface area contributed by atoms with E-state index in [0.29, 0.717) is 19.1 Å². The molecule has 0 saturated carbocycles. The highest BCUT2D eigenvalue weighted by Gasteiger charge is 2.20. The van der Waals surface area contributed by atoms with Gasteiger partial charge < -0.3 is 15.5 Å².